The molecule has 2 atom stereocenters. The van der Waals surface area contributed by atoms with Crippen molar-refractivity contribution in [2.24, 2.45) is 0 Å². The predicted molar refractivity (Wildman–Crippen MR) is 52.9 cm³/mol. The number of rotatable bonds is 4. The highest BCUT2D eigenvalue weighted by molar-refractivity contribution is 5.76. The molecule has 82 valence electrons. The van der Waals surface area contributed by atoms with E-state index in [0.29, 0.717) is 25.9 Å². The number of aliphatic hydroxyl groups excluding tert-OH is 1. The lowest BCUT2D eigenvalue weighted by Crippen LogP contribution is -2.30. The topological polar surface area (TPSA) is 49.8 Å². The summed E-state index contributed by atoms with van der Waals surface area (Å²) in [6.45, 7) is 3.15. The van der Waals surface area contributed by atoms with Gasteiger partial charge in [-0.2, -0.15) is 0 Å². The van der Waals surface area contributed by atoms with Gasteiger partial charge in [0.2, 0.25) is 5.91 Å². The number of carbonyl (C=O) groups excluding carboxylic acids is 1. The summed E-state index contributed by atoms with van der Waals surface area (Å²) in [5.74, 6) is 0.130. The Kier molecular flexibility index (Phi) is 4.35. The molecule has 0 radical (unpaired) electrons. The average Bonchev–Trinajstić information content (AvgIpc) is 2.60. The van der Waals surface area contributed by atoms with Crippen molar-refractivity contribution < 1.29 is 14.6 Å². The van der Waals surface area contributed by atoms with Crippen LogP contribution in [0.3, 0.4) is 0 Å². The Morgan fingerprint density at radius 2 is 2.43 bits per heavy atom. The fourth-order valence-corrected chi connectivity index (χ4v) is 1.57. The molecule has 1 aliphatic heterocycles. The van der Waals surface area contributed by atoms with Crippen LogP contribution >= 0.6 is 0 Å². The fraction of sp³-hybridized carbons (Fsp3) is 0.900. The Morgan fingerprint density at radius 3 is 2.93 bits per heavy atom. The van der Waals surface area contributed by atoms with Gasteiger partial charge in [0.05, 0.1) is 12.2 Å². The highest BCUT2D eigenvalue weighted by Crippen LogP contribution is 2.11. The Bertz CT molecular complexity index is 196. The molecule has 0 spiro atoms. The van der Waals surface area contributed by atoms with Gasteiger partial charge in [0.1, 0.15) is 0 Å². The van der Waals surface area contributed by atoms with Gasteiger partial charge in [-0.1, -0.05) is 0 Å². The van der Waals surface area contributed by atoms with E-state index in [-0.39, 0.29) is 18.1 Å². The van der Waals surface area contributed by atoms with Crippen LogP contribution in [0.4, 0.5) is 0 Å². The van der Waals surface area contributed by atoms with Gasteiger partial charge >= 0.3 is 0 Å². The standard InChI is InChI=1S/C10H19NO3/c1-8(14-2)3-4-10(13)11-6-5-9(12)7-11/h8-9,12H,3-7H2,1-2H3/t8?,9-/m1/s1. The number of ether oxygens (including phenoxy) is 1. The lowest BCUT2D eigenvalue weighted by Gasteiger charge is -2.16. The van der Waals surface area contributed by atoms with Crippen molar-refractivity contribution in [1.82, 2.24) is 4.90 Å². The first-order valence-electron chi connectivity index (χ1n) is 5.12. The zero-order valence-electron chi connectivity index (χ0n) is 8.90. The second kappa shape index (κ2) is 5.32. The second-order valence-corrected chi connectivity index (χ2v) is 3.87. The molecular weight excluding hydrogens is 182 g/mol. The maximum Gasteiger partial charge on any atom is 0.222 e. The molecule has 0 aromatic heterocycles. The summed E-state index contributed by atoms with van der Waals surface area (Å²) in [5.41, 5.74) is 0. The molecule has 1 unspecified atom stereocenters. The number of β-amino-alcohol motifs (C(OH)–C–C–N with tert-alkyl or cyclic N) is 1. The number of carbonyl (C=O) groups is 1. The SMILES string of the molecule is COC(C)CCC(=O)N1CC[C@@H](O)C1. The Hall–Kier alpha value is -0.610. The highest BCUT2D eigenvalue weighted by Gasteiger charge is 2.24. The van der Waals surface area contributed by atoms with Gasteiger partial charge in [-0.05, 0) is 19.8 Å². The molecule has 14 heavy (non-hydrogen) atoms. The van der Waals surface area contributed by atoms with Crippen LogP contribution in [0.25, 0.3) is 0 Å². The molecule has 0 aromatic rings. The molecule has 1 fully saturated rings. The molecule has 1 aliphatic rings. The number of nitrogens with zero attached hydrogens (tertiary/aromatic N) is 1. The van der Waals surface area contributed by atoms with E-state index < -0.39 is 0 Å². The molecule has 1 N–H and O–H groups in total. The fourth-order valence-electron chi connectivity index (χ4n) is 1.57. The van der Waals surface area contributed by atoms with Crippen molar-refractivity contribution in [2.45, 2.75) is 38.4 Å². The molecule has 1 amide bonds. The third-order valence-electron chi connectivity index (χ3n) is 2.68. The summed E-state index contributed by atoms with van der Waals surface area (Å²) in [7, 11) is 1.65. The second-order valence-electron chi connectivity index (χ2n) is 3.87. The van der Waals surface area contributed by atoms with Crippen molar-refractivity contribution in [3.63, 3.8) is 0 Å². The van der Waals surface area contributed by atoms with Crippen LogP contribution in [0.5, 0.6) is 0 Å². The number of hydrogen-bond donors (Lipinski definition) is 1. The van der Waals surface area contributed by atoms with E-state index in [2.05, 4.69) is 0 Å². The molecule has 0 saturated carbocycles. The molecule has 1 saturated heterocycles. The van der Waals surface area contributed by atoms with Gasteiger partial charge in [0, 0.05) is 26.6 Å². The molecule has 0 aromatic carbocycles. The van der Waals surface area contributed by atoms with Gasteiger partial charge < -0.3 is 14.7 Å². The molecule has 4 heteroatoms. The van der Waals surface area contributed by atoms with E-state index >= 15 is 0 Å². The number of methoxy groups -OCH3 is 1. The summed E-state index contributed by atoms with van der Waals surface area (Å²) in [6.07, 6.45) is 1.79. The zero-order valence-corrected chi connectivity index (χ0v) is 8.90. The zero-order chi connectivity index (χ0) is 10.6. The number of likely N-dealkylation sites (tertiary alicyclic amines) is 1. The van der Waals surface area contributed by atoms with Crippen LogP contribution in [0, 0.1) is 0 Å². The summed E-state index contributed by atoms with van der Waals surface area (Å²) >= 11 is 0. The van der Waals surface area contributed by atoms with E-state index in [0.717, 1.165) is 6.42 Å². The highest BCUT2D eigenvalue weighted by atomic mass is 16.5. The van der Waals surface area contributed by atoms with Crippen molar-refractivity contribution in [2.75, 3.05) is 20.2 Å². The molecule has 0 bridgehead atoms. The number of aliphatic hydroxyl groups is 1. The minimum Gasteiger partial charge on any atom is -0.391 e. The number of hydrogen-bond acceptors (Lipinski definition) is 3. The van der Waals surface area contributed by atoms with E-state index in [1.54, 1.807) is 12.0 Å². The molecule has 1 heterocycles. The average molecular weight is 201 g/mol. The monoisotopic (exact) mass is 201 g/mol. The van der Waals surface area contributed by atoms with E-state index in [4.69, 9.17) is 4.74 Å². The summed E-state index contributed by atoms with van der Waals surface area (Å²) in [4.78, 5) is 13.3. The Labute approximate surface area is 84.8 Å². The minimum atomic E-state index is -0.321. The molecule has 0 aliphatic carbocycles. The van der Waals surface area contributed by atoms with Crippen LogP contribution < -0.4 is 0 Å². The van der Waals surface area contributed by atoms with E-state index in [9.17, 15) is 9.90 Å². The first-order valence-corrected chi connectivity index (χ1v) is 5.12. The van der Waals surface area contributed by atoms with Crippen molar-refractivity contribution in [3.05, 3.63) is 0 Å². The largest absolute Gasteiger partial charge is 0.391 e. The molecular formula is C10H19NO3. The van der Waals surface area contributed by atoms with Crippen molar-refractivity contribution in [1.29, 1.82) is 0 Å². The van der Waals surface area contributed by atoms with Gasteiger partial charge in [-0.3, -0.25) is 4.79 Å². The predicted octanol–water partition coefficient (Wildman–Crippen LogP) is 0.395. The maximum atomic E-state index is 11.6. The lowest BCUT2D eigenvalue weighted by atomic mass is 10.2. The van der Waals surface area contributed by atoms with Gasteiger partial charge in [0.25, 0.3) is 0 Å². The molecule has 1 rings (SSSR count). The third-order valence-corrected chi connectivity index (χ3v) is 2.68. The van der Waals surface area contributed by atoms with Gasteiger partial charge in [0.15, 0.2) is 0 Å². The van der Waals surface area contributed by atoms with Crippen LogP contribution in [0.1, 0.15) is 26.2 Å². The summed E-state index contributed by atoms with van der Waals surface area (Å²) in [5, 5.41) is 9.25. The number of amides is 1. The van der Waals surface area contributed by atoms with Crippen molar-refractivity contribution in [3.8, 4) is 0 Å². The van der Waals surface area contributed by atoms with Crippen LogP contribution in [-0.2, 0) is 9.53 Å². The Balaban J connectivity index is 2.22. The van der Waals surface area contributed by atoms with Crippen LogP contribution in [0.15, 0.2) is 0 Å². The van der Waals surface area contributed by atoms with E-state index in [1.165, 1.54) is 0 Å². The van der Waals surface area contributed by atoms with Gasteiger partial charge in [-0.25, -0.2) is 0 Å². The quantitative estimate of drug-likeness (QED) is 0.716. The van der Waals surface area contributed by atoms with Gasteiger partial charge in [-0.15, -0.1) is 0 Å². The van der Waals surface area contributed by atoms with Crippen LogP contribution in [-0.4, -0.2) is 48.3 Å². The summed E-state index contributed by atoms with van der Waals surface area (Å²) in [6, 6.07) is 0. The first-order chi connectivity index (χ1) is 6.63. The third kappa shape index (κ3) is 3.27. The smallest absolute Gasteiger partial charge is 0.222 e. The van der Waals surface area contributed by atoms with E-state index in [1.807, 2.05) is 6.92 Å². The van der Waals surface area contributed by atoms with Crippen molar-refractivity contribution >= 4 is 5.91 Å². The first kappa shape index (κ1) is 11.5. The maximum absolute atomic E-state index is 11.6. The lowest BCUT2D eigenvalue weighted by molar-refractivity contribution is -0.131. The van der Waals surface area contributed by atoms with Crippen LogP contribution in [0.2, 0.25) is 0 Å². The normalized spacial score (nSPS) is 23.9. The Morgan fingerprint density at radius 1 is 1.71 bits per heavy atom. The minimum absolute atomic E-state index is 0.130. The molecule has 4 nitrogen and oxygen atoms in total. The summed E-state index contributed by atoms with van der Waals surface area (Å²) < 4.78 is 5.06.